The summed E-state index contributed by atoms with van der Waals surface area (Å²) in [5.74, 6) is 0. The van der Waals surface area contributed by atoms with E-state index in [1.807, 2.05) is 36.9 Å². The first-order valence-electron chi connectivity index (χ1n) is 7.67. The molecule has 0 bridgehead atoms. The number of hydrogen-bond acceptors (Lipinski definition) is 5. The van der Waals surface area contributed by atoms with Crippen LogP contribution in [0.4, 0.5) is 0 Å². The van der Waals surface area contributed by atoms with Crippen LogP contribution in [0, 0.1) is 0 Å². The minimum absolute atomic E-state index is 0.240. The molecule has 1 fully saturated rings. The normalized spacial score (nSPS) is 19.2. The van der Waals surface area contributed by atoms with Crippen molar-refractivity contribution in [1.29, 1.82) is 0 Å². The predicted octanol–water partition coefficient (Wildman–Crippen LogP) is 2.48. The van der Waals surface area contributed by atoms with Crippen LogP contribution in [0.15, 0.2) is 30.3 Å². The third kappa shape index (κ3) is 5.14. The zero-order chi connectivity index (χ0) is 17.7. The van der Waals surface area contributed by atoms with Gasteiger partial charge in [0.1, 0.15) is 0 Å². The molecule has 0 unspecified atom stereocenters. The third-order valence-corrected chi connectivity index (χ3v) is 6.66. The van der Waals surface area contributed by atoms with E-state index in [1.165, 1.54) is 0 Å². The minimum atomic E-state index is -2.17. The fraction of sp³-hybridized carbons (Fsp3) is 0.625. The Morgan fingerprint density at radius 2 is 1.22 bits per heavy atom. The molecule has 0 N–H and O–H groups in total. The van der Waals surface area contributed by atoms with Crippen LogP contribution in [0.5, 0.6) is 0 Å². The van der Waals surface area contributed by atoms with Gasteiger partial charge in [-0.2, -0.15) is 0 Å². The molecule has 0 atom stereocenters. The summed E-state index contributed by atoms with van der Waals surface area (Å²) in [6.45, 7) is 10.1. The molecule has 130 valence electrons. The Morgan fingerprint density at radius 1 is 0.826 bits per heavy atom. The second-order valence-electron chi connectivity index (χ2n) is 6.47. The Bertz CT molecular complexity index is 452. The SMILES string of the molecule is CC1(C)OB(c2ccccc2)OC1(C)C.CO[Si](C)(OC)OC. The zero-order valence-electron chi connectivity index (χ0n) is 15.5. The molecule has 1 aromatic rings. The van der Waals surface area contributed by atoms with Gasteiger partial charge in [-0.15, -0.1) is 0 Å². The smallest absolute Gasteiger partial charge is 0.399 e. The Labute approximate surface area is 141 Å². The van der Waals surface area contributed by atoms with E-state index in [1.54, 1.807) is 21.3 Å². The molecule has 2 rings (SSSR count). The standard InChI is InChI=1S/C12H17BO2.C4H12O3Si/c1-11(2)12(3,4)15-13(14-11)10-8-6-5-7-9-10;1-5-8(4,6-2)7-3/h5-9H,1-4H3;1-4H3. The van der Waals surface area contributed by atoms with Crippen molar-refractivity contribution in [3.05, 3.63) is 30.3 Å². The Morgan fingerprint density at radius 3 is 1.52 bits per heavy atom. The lowest BCUT2D eigenvalue weighted by atomic mass is 9.79. The maximum absolute atomic E-state index is 5.93. The quantitative estimate of drug-likeness (QED) is 0.788. The summed E-state index contributed by atoms with van der Waals surface area (Å²) >= 11 is 0. The van der Waals surface area contributed by atoms with E-state index < -0.39 is 8.80 Å². The van der Waals surface area contributed by atoms with Gasteiger partial charge in [0.2, 0.25) is 0 Å². The topological polar surface area (TPSA) is 46.2 Å². The lowest BCUT2D eigenvalue weighted by Crippen LogP contribution is -2.41. The summed E-state index contributed by atoms with van der Waals surface area (Å²) in [6, 6.07) is 10.1. The van der Waals surface area contributed by atoms with E-state index >= 15 is 0 Å². The van der Waals surface area contributed by atoms with E-state index in [9.17, 15) is 0 Å². The molecule has 0 radical (unpaired) electrons. The van der Waals surface area contributed by atoms with Crippen LogP contribution in [-0.4, -0.2) is 48.5 Å². The lowest BCUT2D eigenvalue weighted by Gasteiger charge is -2.32. The molecule has 1 aliphatic heterocycles. The number of benzene rings is 1. The average Bonchev–Trinajstić information content (AvgIpc) is 2.76. The van der Waals surface area contributed by atoms with Crippen molar-refractivity contribution in [2.45, 2.75) is 45.4 Å². The van der Waals surface area contributed by atoms with E-state index in [2.05, 4.69) is 27.7 Å². The summed E-state index contributed by atoms with van der Waals surface area (Å²) < 4.78 is 26.6. The van der Waals surface area contributed by atoms with E-state index in [-0.39, 0.29) is 18.3 Å². The maximum atomic E-state index is 5.93. The molecule has 0 aliphatic carbocycles. The summed E-state index contributed by atoms with van der Waals surface area (Å²) in [5.41, 5.74) is 0.567. The van der Waals surface area contributed by atoms with Gasteiger partial charge in [0.15, 0.2) is 0 Å². The largest absolute Gasteiger partial charge is 0.496 e. The molecular formula is C16H29BO5Si. The number of hydrogen-bond donors (Lipinski definition) is 0. The first kappa shape index (κ1) is 20.3. The Kier molecular flexibility index (Phi) is 7.00. The highest BCUT2D eigenvalue weighted by Gasteiger charge is 2.51. The molecule has 5 nitrogen and oxygen atoms in total. The predicted molar refractivity (Wildman–Crippen MR) is 94.8 cm³/mol. The summed E-state index contributed by atoms with van der Waals surface area (Å²) in [6.07, 6.45) is 0. The third-order valence-electron chi connectivity index (χ3n) is 4.44. The molecule has 0 aromatic heterocycles. The molecule has 1 aliphatic rings. The van der Waals surface area contributed by atoms with Crippen molar-refractivity contribution in [3.63, 3.8) is 0 Å². The van der Waals surface area contributed by atoms with Gasteiger partial charge in [0.05, 0.1) is 11.2 Å². The van der Waals surface area contributed by atoms with Crippen LogP contribution in [0.2, 0.25) is 6.55 Å². The fourth-order valence-electron chi connectivity index (χ4n) is 1.84. The highest BCUT2D eigenvalue weighted by molar-refractivity contribution is 6.62. The van der Waals surface area contributed by atoms with Crippen molar-refractivity contribution < 1.29 is 22.6 Å². The van der Waals surface area contributed by atoms with Crippen LogP contribution < -0.4 is 5.46 Å². The highest BCUT2D eigenvalue weighted by atomic mass is 28.4. The van der Waals surface area contributed by atoms with Gasteiger partial charge in [-0.3, -0.25) is 0 Å². The first-order chi connectivity index (χ1) is 10.6. The van der Waals surface area contributed by atoms with Gasteiger partial charge in [-0.05, 0) is 33.2 Å². The first-order valence-corrected chi connectivity index (χ1v) is 9.89. The van der Waals surface area contributed by atoms with Crippen LogP contribution >= 0.6 is 0 Å². The van der Waals surface area contributed by atoms with E-state index in [0.29, 0.717) is 0 Å². The van der Waals surface area contributed by atoms with Crippen molar-refractivity contribution in [2.24, 2.45) is 0 Å². The molecule has 7 heteroatoms. The van der Waals surface area contributed by atoms with Gasteiger partial charge in [0, 0.05) is 27.9 Å². The molecule has 0 spiro atoms. The van der Waals surface area contributed by atoms with Gasteiger partial charge < -0.3 is 22.6 Å². The van der Waals surface area contributed by atoms with Crippen molar-refractivity contribution in [1.82, 2.24) is 0 Å². The average molecular weight is 340 g/mol. The molecule has 1 aromatic carbocycles. The lowest BCUT2D eigenvalue weighted by molar-refractivity contribution is 0.00578. The second kappa shape index (κ2) is 7.92. The summed E-state index contributed by atoms with van der Waals surface area (Å²) in [5, 5.41) is 0. The highest BCUT2D eigenvalue weighted by Crippen LogP contribution is 2.36. The molecule has 0 amide bonds. The van der Waals surface area contributed by atoms with Gasteiger partial charge in [0.25, 0.3) is 0 Å². The van der Waals surface area contributed by atoms with Gasteiger partial charge >= 0.3 is 15.9 Å². The molecule has 23 heavy (non-hydrogen) atoms. The molecular weight excluding hydrogens is 311 g/mol. The summed E-state index contributed by atoms with van der Waals surface area (Å²) in [4.78, 5) is 0. The molecule has 0 saturated carbocycles. The van der Waals surface area contributed by atoms with E-state index in [0.717, 1.165) is 5.46 Å². The molecule has 1 saturated heterocycles. The van der Waals surface area contributed by atoms with Crippen LogP contribution in [0.1, 0.15) is 27.7 Å². The Hall–Kier alpha value is -0.698. The van der Waals surface area contributed by atoms with Crippen LogP contribution in [0.3, 0.4) is 0 Å². The van der Waals surface area contributed by atoms with Crippen molar-refractivity contribution in [3.8, 4) is 0 Å². The van der Waals surface area contributed by atoms with Crippen LogP contribution in [0.25, 0.3) is 0 Å². The maximum Gasteiger partial charge on any atom is 0.496 e. The number of rotatable bonds is 4. The van der Waals surface area contributed by atoms with E-state index in [4.69, 9.17) is 22.6 Å². The monoisotopic (exact) mass is 340 g/mol. The fourth-order valence-corrected chi connectivity index (χ4v) is 2.34. The summed E-state index contributed by atoms with van der Waals surface area (Å²) in [7, 11) is 2.34. The minimum Gasteiger partial charge on any atom is -0.399 e. The van der Waals surface area contributed by atoms with Crippen molar-refractivity contribution >= 4 is 21.4 Å². The Balaban J connectivity index is 0.000000284. The van der Waals surface area contributed by atoms with Gasteiger partial charge in [-0.1, -0.05) is 30.3 Å². The van der Waals surface area contributed by atoms with Gasteiger partial charge in [-0.25, -0.2) is 0 Å². The second-order valence-corrected chi connectivity index (χ2v) is 9.42. The zero-order valence-corrected chi connectivity index (χ0v) is 16.5. The van der Waals surface area contributed by atoms with Crippen LogP contribution in [-0.2, 0) is 22.6 Å². The van der Waals surface area contributed by atoms with Crippen molar-refractivity contribution in [2.75, 3.05) is 21.3 Å². The molecule has 1 heterocycles.